The highest BCUT2D eigenvalue weighted by molar-refractivity contribution is 5.88. The van der Waals surface area contributed by atoms with Gasteiger partial charge in [0.25, 0.3) is 0 Å². The zero-order valence-corrected chi connectivity index (χ0v) is 12.5. The largest absolute Gasteiger partial charge is 0.478 e. The quantitative estimate of drug-likeness (QED) is 0.873. The number of carboxylic acids is 1. The summed E-state index contributed by atoms with van der Waals surface area (Å²) in [5.41, 5.74) is 1.10. The molecule has 1 aliphatic rings. The van der Waals surface area contributed by atoms with Crippen molar-refractivity contribution in [2.75, 3.05) is 26.2 Å². The monoisotopic (exact) mass is 280 g/mol. The molecule has 0 aliphatic carbocycles. The van der Waals surface area contributed by atoms with E-state index in [4.69, 9.17) is 0 Å². The third-order valence-corrected chi connectivity index (χ3v) is 4.29. The molecule has 1 fully saturated rings. The molecule has 1 saturated heterocycles. The number of hydrogen-bond acceptors (Lipinski definition) is 4. The van der Waals surface area contributed by atoms with Crippen molar-refractivity contribution >= 4 is 5.97 Å². The van der Waals surface area contributed by atoms with Crippen LogP contribution in [0.5, 0.6) is 0 Å². The highest BCUT2D eigenvalue weighted by atomic mass is 16.4. The number of carboxylic acid groups (broad SMARTS) is 1. The minimum atomic E-state index is -0.897. The van der Waals surface area contributed by atoms with Gasteiger partial charge in [-0.1, -0.05) is 6.92 Å². The molecule has 0 saturated carbocycles. The minimum Gasteiger partial charge on any atom is -0.478 e. The molecule has 0 aromatic carbocycles. The number of piperazine rings is 1. The molecule has 2 heterocycles. The van der Waals surface area contributed by atoms with Gasteiger partial charge in [0.15, 0.2) is 0 Å². The van der Waals surface area contributed by atoms with E-state index >= 15 is 0 Å². The Labute approximate surface area is 120 Å². The van der Waals surface area contributed by atoms with Gasteiger partial charge in [0, 0.05) is 45.8 Å². The first-order chi connectivity index (χ1) is 9.52. The molecule has 6 heteroatoms. The second kappa shape index (κ2) is 6.37. The van der Waals surface area contributed by atoms with Gasteiger partial charge in [-0.15, -0.1) is 0 Å². The molecule has 1 aromatic heterocycles. The molecular formula is C14H24N4O2. The first-order valence-electron chi connectivity index (χ1n) is 7.23. The summed E-state index contributed by atoms with van der Waals surface area (Å²) in [6, 6.07) is 0.628. The predicted octanol–water partition coefficient (Wildman–Crippen LogP) is 1.03. The smallest absolute Gasteiger partial charge is 0.339 e. The molecule has 20 heavy (non-hydrogen) atoms. The van der Waals surface area contributed by atoms with Crippen molar-refractivity contribution < 1.29 is 9.90 Å². The summed E-state index contributed by atoms with van der Waals surface area (Å²) < 4.78 is 1.67. The number of aromatic carboxylic acids is 1. The molecular weight excluding hydrogens is 256 g/mol. The Hall–Kier alpha value is -1.40. The standard InChI is InChI=1S/C14H24N4O2/c1-4-11(2)18-7-5-17(6-8-18)10-13-12(14(19)20)9-15-16(13)3/h9,11H,4-8,10H2,1-3H3,(H,19,20). The summed E-state index contributed by atoms with van der Waals surface area (Å²) in [5.74, 6) is -0.897. The highest BCUT2D eigenvalue weighted by Crippen LogP contribution is 2.14. The van der Waals surface area contributed by atoms with E-state index < -0.39 is 5.97 Å². The molecule has 1 aliphatic heterocycles. The van der Waals surface area contributed by atoms with Crippen LogP contribution in [0.15, 0.2) is 6.20 Å². The van der Waals surface area contributed by atoms with Gasteiger partial charge in [0.1, 0.15) is 5.56 Å². The number of aromatic nitrogens is 2. The molecule has 2 rings (SSSR count). The number of nitrogens with zero attached hydrogens (tertiary/aromatic N) is 4. The van der Waals surface area contributed by atoms with Crippen LogP contribution in [0.3, 0.4) is 0 Å². The average Bonchev–Trinajstić information content (AvgIpc) is 2.80. The van der Waals surface area contributed by atoms with E-state index in [1.54, 1.807) is 11.7 Å². The lowest BCUT2D eigenvalue weighted by molar-refractivity contribution is 0.0690. The Morgan fingerprint density at radius 3 is 2.60 bits per heavy atom. The molecule has 0 spiro atoms. The summed E-state index contributed by atoms with van der Waals surface area (Å²) in [6.45, 7) is 9.20. The van der Waals surface area contributed by atoms with Crippen LogP contribution < -0.4 is 0 Å². The third kappa shape index (κ3) is 3.19. The van der Waals surface area contributed by atoms with Crippen LogP contribution in [0.25, 0.3) is 0 Å². The summed E-state index contributed by atoms with van der Waals surface area (Å²) in [5, 5.41) is 13.2. The molecule has 1 aromatic rings. The van der Waals surface area contributed by atoms with Crippen molar-refractivity contribution in [2.45, 2.75) is 32.9 Å². The van der Waals surface area contributed by atoms with Crippen LogP contribution in [0.4, 0.5) is 0 Å². The lowest BCUT2D eigenvalue weighted by atomic mass is 10.1. The molecule has 6 nitrogen and oxygen atoms in total. The molecule has 1 unspecified atom stereocenters. The zero-order valence-electron chi connectivity index (χ0n) is 12.5. The van der Waals surface area contributed by atoms with Gasteiger partial charge in [-0.2, -0.15) is 5.10 Å². The maximum absolute atomic E-state index is 11.2. The normalized spacial score (nSPS) is 19.1. The SMILES string of the molecule is CCC(C)N1CCN(Cc2c(C(=O)O)cnn2C)CC1. The van der Waals surface area contributed by atoms with E-state index in [0.29, 0.717) is 18.2 Å². The summed E-state index contributed by atoms with van der Waals surface area (Å²) in [7, 11) is 1.80. The zero-order chi connectivity index (χ0) is 14.7. The van der Waals surface area contributed by atoms with E-state index in [2.05, 4.69) is 28.7 Å². The Balaban J connectivity index is 1.96. The third-order valence-electron chi connectivity index (χ3n) is 4.29. The first kappa shape index (κ1) is 15.0. The summed E-state index contributed by atoms with van der Waals surface area (Å²) in [6.07, 6.45) is 2.61. The van der Waals surface area contributed by atoms with E-state index in [-0.39, 0.29) is 0 Å². The summed E-state index contributed by atoms with van der Waals surface area (Å²) >= 11 is 0. The van der Waals surface area contributed by atoms with E-state index in [1.807, 2.05) is 0 Å². The topological polar surface area (TPSA) is 61.6 Å². The second-order valence-corrected chi connectivity index (χ2v) is 5.50. The Kier molecular flexibility index (Phi) is 4.77. The van der Waals surface area contributed by atoms with Gasteiger partial charge >= 0.3 is 5.97 Å². The fourth-order valence-corrected chi connectivity index (χ4v) is 2.66. The Morgan fingerprint density at radius 1 is 1.40 bits per heavy atom. The van der Waals surface area contributed by atoms with Crippen LogP contribution in [0.2, 0.25) is 0 Å². The molecule has 0 bridgehead atoms. The first-order valence-corrected chi connectivity index (χ1v) is 7.23. The van der Waals surface area contributed by atoms with Crippen molar-refractivity contribution in [3.63, 3.8) is 0 Å². The van der Waals surface area contributed by atoms with Gasteiger partial charge in [-0.05, 0) is 13.3 Å². The Morgan fingerprint density at radius 2 is 2.05 bits per heavy atom. The molecule has 112 valence electrons. The maximum atomic E-state index is 11.2. The van der Waals surface area contributed by atoms with Crippen LogP contribution in [-0.4, -0.2) is 62.9 Å². The fourth-order valence-electron chi connectivity index (χ4n) is 2.66. The van der Waals surface area contributed by atoms with Crippen molar-refractivity contribution in [1.82, 2.24) is 19.6 Å². The number of rotatable bonds is 5. The molecule has 0 radical (unpaired) electrons. The van der Waals surface area contributed by atoms with Crippen LogP contribution in [0.1, 0.15) is 36.3 Å². The van der Waals surface area contributed by atoms with Gasteiger partial charge < -0.3 is 5.11 Å². The van der Waals surface area contributed by atoms with E-state index in [1.165, 1.54) is 12.6 Å². The number of hydrogen-bond donors (Lipinski definition) is 1. The van der Waals surface area contributed by atoms with Crippen molar-refractivity contribution in [3.8, 4) is 0 Å². The Bertz CT molecular complexity index is 464. The van der Waals surface area contributed by atoms with Gasteiger partial charge in [-0.25, -0.2) is 4.79 Å². The van der Waals surface area contributed by atoms with E-state index in [9.17, 15) is 9.90 Å². The molecule has 1 N–H and O–H groups in total. The predicted molar refractivity (Wildman–Crippen MR) is 76.8 cm³/mol. The summed E-state index contributed by atoms with van der Waals surface area (Å²) in [4.78, 5) is 16.0. The van der Waals surface area contributed by atoms with Gasteiger partial charge in [-0.3, -0.25) is 14.5 Å². The number of aryl methyl sites for hydroxylation is 1. The van der Waals surface area contributed by atoms with Crippen LogP contribution >= 0.6 is 0 Å². The van der Waals surface area contributed by atoms with Crippen LogP contribution in [-0.2, 0) is 13.6 Å². The maximum Gasteiger partial charge on any atom is 0.339 e. The molecule has 0 amide bonds. The average molecular weight is 280 g/mol. The second-order valence-electron chi connectivity index (χ2n) is 5.50. The lowest BCUT2D eigenvalue weighted by Crippen LogP contribution is -2.49. The number of carbonyl (C=O) groups is 1. The van der Waals surface area contributed by atoms with Gasteiger partial charge in [0.05, 0.1) is 11.9 Å². The van der Waals surface area contributed by atoms with Crippen LogP contribution in [0, 0.1) is 0 Å². The van der Waals surface area contributed by atoms with Crippen molar-refractivity contribution in [1.29, 1.82) is 0 Å². The van der Waals surface area contributed by atoms with Crippen molar-refractivity contribution in [2.24, 2.45) is 7.05 Å². The van der Waals surface area contributed by atoms with Gasteiger partial charge in [0.2, 0.25) is 0 Å². The van der Waals surface area contributed by atoms with Crippen molar-refractivity contribution in [3.05, 3.63) is 17.5 Å². The lowest BCUT2D eigenvalue weighted by Gasteiger charge is -2.37. The van der Waals surface area contributed by atoms with E-state index in [0.717, 1.165) is 31.9 Å². The highest BCUT2D eigenvalue weighted by Gasteiger charge is 2.23. The molecule has 1 atom stereocenters. The fraction of sp³-hybridized carbons (Fsp3) is 0.714. The minimum absolute atomic E-state index is 0.317.